The number of carbonyl (C=O) groups excluding carboxylic acids is 3. The lowest BCUT2D eigenvalue weighted by Gasteiger charge is -2.16. The zero-order valence-electron chi connectivity index (χ0n) is 12.7. The zero-order valence-corrected chi connectivity index (χ0v) is 13.5. The number of primary amides is 1. The first-order valence-electron chi connectivity index (χ1n) is 7.08. The Balaban J connectivity index is 1.77. The van der Waals surface area contributed by atoms with Gasteiger partial charge in [0.25, 0.3) is 5.91 Å². The average molecular weight is 337 g/mol. The topological polar surface area (TPSA) is 102 Å². The van der Waals surface area contributed by atoms with E-state index in [2.05, 4.69) is 5.32 Å². The van der Waals surface area contributed by atoms with Gasteiger partial charge >= 0.3 is 5.97 Å². The van der Waals surface area contributed by atoms with Crippen LogP contribution in [0.5, 0.6) is 0 Å². The Morgan fingerprint density at radius 2 is 2.09 bits per heavy atom. The van der Waals surface area contributed by atoms with E-state index in [1.807, 2.05) is 6.07 Å². The van der Waals surface area contributed by atoms with Crippen molar-refractivity contribution in [2.45, 2.75) is 12.1 Å². The van der Waals surface area contributed by atoms with Crippen LogP contribution < -0.4 is 11.1 Å². The second-order valence-corrected chi connectivity index (χ2v) is 6.07. The number of ether oxygens (including phenoxy) is 1. The van der Waals surface area contributed by atoms with E-state index in [-0.39, 0.29) is 5.91 Å². The highest BCUT2D eigenvalue weighted by Crippen LogP contribution is 2.24. The highest BCUT2D eigenvalue weighted by molar-refractivity contribution is 7.99. The lowest BCUT2D eigenvalue weighted by atomic mass is 10.2. The van der Waals surface area contributed by atoms with Crippen molar-refractivity contribution < 1.29 is 19.1 Å². The Labute approximate surface area is 138 Å². The van der Waals surface area contributed by atoms with Gasteiger partial charge in [0.2, 0.25) is 5.91 Å². The standard InChI is InChI=1S/C15H19N3O4S/c1-22-15(21)12(18-7-11(18)13(16)19)8-23-9-17-14(20)10-5-3-2-4-6-10/h2-6,11-12H,7-9H2,1H3,(H2,16,19)(H,17,20). The predicted octanol–water partition coefficient (Wildman–Crippen LogP) is -0.182. The Hall–Kier alpha value is -2.06. The second-order valence-electron chi connectivity index (χ2n) is 5.04. The SMILES string of the molecule is COC(=O)C(CSCNC(=O)c1ccccc1)N1CC1C(N)=O. The van der Waals surface area contributed by atoms with E-state index >= 15 is 0 Å². The van der Waals surface area contributed by atoms with Gasteiger partial charge in [-0.3, -0.25) is 19.3 Å². The molecule has 0 saturated carbocycles. The normalized spacial score (nSPS) is 20.4. The molecule has 0 bridgehead atoms. The first-order chi connectivity index (χ1) is 11.0. The number of thioether (sulfide) groups is 1. The summed E-state index contributed by atoms with van der Waals surface area (Å²) < 4.78 is 4.76. The number of carbonyl (C=O) groups is 3. The first kappa shape index (κ1) is 17.3. The van der Waals surface area contributed by atoms with Crippen LogP contribution in [-0.4, -0.2) is 60.1 Å². The smallest absolute Gasteiger partial charge is 0.323 e. The van der Waals surface area contributed by atoms with E-state index in [0.29, 0.717) is 23.7 Å². The third-order valence-electron chi connectivity index (χ3n) is 3.50. The quantitative estimate of drug-likeness (QED) is 0.295. The van der Waals surface area contributed by atoms with Crippen molar-refractivity contribution in [2.75, 3.05) is 25.3 Å². The molecular weight excluding hydrogens is 318 g/mol. The molecule has 0 aromatic heterocycles. The van der Waals surface area contributed by atoms with Gasteiger partial charge in [0.1, 0.15) is 12.1 Å². The van der Waals surface area contributed by atoms with Gasteiger partial charge in [0.15, 0.2) is 0 Å². The van der Waals surface area contributed by atoms with Gasteiger partial charge in [-0.05, 0) is 12.1 Å². The predicted molar refractivity (Wildman–Crippen MR) is 86.7 cm³/mol. The van der Waals surface area contributed by atoms with Crippen LogP contribution in [0.3, 0.4) is 0 Å². The Kier molecular flexibility index (Phi) is 6.00. The highest BCUT2D eigenvalue weighted by Gasteiger charge is 2.46. The van der Waals surface area contributed by atoms with Crippen LogP contribution in [0.1, 0.15) is 10.4 Å². The van der Waals surface area contributed by atoms with Crippen LogP contribution in [0.4, 0.5) is 0 Å². The number of nitrogens with zero attached hydrogens (tertiary/aromatic N) is 1. The number of benzene rings is 1. The maximum absolute atomic E-state index is 11.9. The molecule has 7 nitrogen and oxygen atoms in total. The lowest BCUT2D eigenvalue weighted by molar-refractivity contribution is -0.144. The van der Waals surface area contributed by atoms with Crippen LogP contribution in [0.15, 0.2) is 30.3 Å². The van der Waals surface area contributed by atoms with Gasteiger partial charge < -0.3 is 15.8 Å². The van der Waals surface area contributed by atoms with Crippen molar-refractivity contribution in [1.29, 1.82) is 0 Å². The summed E-state index contributed by atoms with van der Waals surface area (Å²) in [6.07, 6.45) is 0. The van der Waals surface area contributed by atoms with E-state index in [4.69, 9.17) is 10.5 Å². The summed E-state index contributed by atoms with van der Waals surface area (Å²) in [6.45, 7) is 0.464. The number of methoxy groups -OCH3 is 1. The molecule has 1 aromatic carbocycles. The van der Waals surface area contributed by atoms with Crippen LogP contribution in [0, 0.1) is 0 Å². The zero-order chi connectivity index (χ0) is 16.8. The maximum Gasteiger partial charge on any atom is 0.323 e. The van der Waals surface area contributed by atoms with Crippen molar-refractivity contribution in [3.05, 3.63) is 35.9 Å². The molecule has 2 amide bonds. The summed E-state index contributed by atoms with van der Waals surface area (Å²) >= 11 is 1.38. The number of nitrogens with one attached hydrogen (secondary N) is 1. The van der Waals surface area contributed by atoms with E-state index in [0.717, 1.165) is 0 Å². The fourth-order valence-corrected chi connectivity index (χ4v) is 3.07. The molecule has 1 saturated heterocycles. The van der Waals surface area contributed by atoms with Gasteiger partial charge in [-0.2, -0.15) is 0 Å². The summed E-state index contributed by atoms with van der Waals surface area (Å²) in [4.78, 5) is 36.5. The van der Waals surface area contributed by atoms with E-state index in [1.165, 1.54) is 18.9 Å². The molecule has 1 heterocycles. The van der Waals surface area contributed by atoms with Crippen LogP contribution in [-0.2, 0) is 14.3 Å². The van der Waals surface area contributed by atoms with Crippen LogP contribution >= 0.6 is 11.8 Å². The Morgan fingerprint density at radius 3 is 2.65 bits per heavy atom. The summed E-state index contributed by atoms with van der Waals surface area (Å²) in [7, 11) is 1.31. The van der Waals surface area contributed by atoms with Gasteiger partial charge in [-0.25, -0.2) is 0 Å². The molecule has 1 aliphatic rings. The van der Waals surface area contributed by atoms with Crippen LogP contribution in [0.25, 0.3) is 0 Å². The first-order valence-corrected chi connectivity index (χ1v) is 8.24. The summed E-state index contributed by atoms with van der Waals surface area (Å²) in [5, 5.41) is 2.77. The van der Waals surface area contributed by atoms with Crippen LogP contribution in [0.2, 0.25) is 0 Å². The van der Waals surface area contributed by atoms with Gasteiger partial charge in [0.05, 0.1) is 13.0 Å². The molecule has 3 unspecified atom stereocenters. The van der Waals surface area contributed by atoms with E-state index in [1.54, 1.807) is 29.2 Å². The molecule has 0 spiro atoms. The second kappa shape index (κ2) is 7.98. The molecular formula is C15H19N3O4S. The molecule has 124 valence electrons. The highest BCUT2D eigenvalue weighted by atomic mass is 32.2. The third-order valence-corrected chi connectivity index (χ3v) is 4.40. The third kappa shape index (κ3) is 4.70. The minimum absolute atomic E-state index is 0.172. The minimum Gasteiger partial charge on any atom is -0.468 e. The van der Waals surface area contributed by atoms with E-state index in [9.17, 15) is 14.4 Å². The van der Waals surface area contributed by atoms with Crippen molar-refractivity contribution in [2.24, 2.45) is 5.73 Å². The van der Waals surface area contributed by atoms with Gasteiger partial charge in [-0.15, -0.1) is 11.8 Å². The number of hydrogen-bond acceptors (Lipinski definition) is 6. The largest absolute Gasteiger partial charge is 0.468 e. The van der Waals surface area contributed by atoms with E-state index < -0.39 is 24.0 Å². The number of amides is 2. The maximum atomic E-state index is 11.9. The van der Waals surface area contributed by atoms with Crippen molar-refractivity contribution in [1.82, 2.24) is 10.2 Å². The molecule has 0 aliphatic carbocycles. The average Bonchev–Trinajstić information content (AvgIpc) is 3.35. The minimum atomic E-state index is -0.531. The monoisotopic (exact) mass is 337 g/mol. The molecule has 3 atom stereocenters. The molecule has 1 aromatic rings. The molecule has 1 fully saturated rings. The Morgan fingerprint density at radius 1 is 1.39 bits per heavy atom. The van der Waals surface area contributed by atoms with Crippen molar-refractivity contribution in [3.8, 4) is 0 Å². The number of rotatable bonds is 8. The number of nitrogens with two attached hydrogens (primary N) is 1. The van der Waals surface area contributed by atoms with Gasteiger partial charge in [0, 0.05) is 17.9 Å². The lowest BCUT2D eigenvalue weighted by Crippen LogP contribution is -2.37. The van der Waals surface area contributed by atoms with Gasteiger partial charge in [-0.1, -0.05) is 18.2 Å². The molecule has 1 aliphatic heterocycles. The van der Waals surface area contributed by atoms with Crippen molar-refractivity contribution >= 4 is 29.5 Å². The fraction of sp³-hybridized carbons (Fsp3) is 0.400. The fourth-order valence-electron chi connectivity index (χ4n) is 2.16. The summed E-state index contributed by atoms with van der Waals surface area (Å²) in [6, 6.07) is 7.94. The Bertz CT molecular complexity index is 581. The summed E-state index contributed by atoms with van der Waals surface area (Å²) in [5.74, 6) is -0.256. The molecule has 0 radical (unpaired) electrons. The number of hydrogen-bond donors (Lipinski definition) is 2. The molecule has 3 N–H and O–H groups in total. The molecule has 8 heteroatoms. The number of esters is 1. The molecule has 23 heavy (non-hydrogen) atoms. The van der Waals surface area contributed by atoms with Crippen molar-refractivity contribution in [3.63, 3.8) is 0 Å². The molecule has 2 rings (SSSR count). The summed E-state index contributed by atoms with van der Waals surface area (Å²) in [5.41, 5.74) is 5.81.